The molecule has 0 spiro atoms. The normalized spacial score (nSPS) is 17.8. The second-order valence-corrected chi connectivity index (χ2v) is 8.70. The Morgan fingerprint density at radius 3 is 1.41 bits per heavy atom. The van der Waals surface area contributed by atoms with Gasteiger partial charge in [-0.1, -0.05) is 24.3 Å². The molecule has 2 aliphatic heterocycles. The SMILES string of the molecule is C/C(=N\NC(N)N/N=C(\C)c1ccc(N2CCNCC2)cc1)c1ccc(N2CCNCC2)cc1. The summed E-state index contributed by atoms with van der Waals surface area (Å²) in [6.45, 7) is 12.2. The highest BCUT2D eigenvalue weighted by atomic mass is 15.5. The standard InChI is InChI=1S/C25H37N9/c1-19(21-3-7-23(8-4-21)33-15-11-27-12-16-33)29-31-25(26)32-30-20(2)22-5-9-24(10-6-22)34-17-13-28-14-18-34/h3-10,25,27-28,31-32H,11-18,26H2,1-2H3/b29-19+,30-20+. The molecular formula is C25H37N9. The second-order valence-electron chi connectivity index (χ2n) is 8.70. The van der Waals surface area contributed by atoms with Gasteiger partial charge in [0.15, 0.2) is 6.29 Å². The maximum Gasteiger partial charge on any atom is 0.180 e. The Balaban J connectivity index is 1.27. The van der Waals surface area contributed by atoms with Gasteiger partial charge in [0.25, 0.3) is 0 Å². The lowest BCUT2D eigenvalue weighted by molar-refractivity contribution is 0.462. The van der Waals surface area contributed by atoms with Crippen LogP contribution >= 0.6 is 0 Å². The van der Waals surface area contributed by atoms with Gasteiger partial charge in [-0.25, -0.2) is 0 Å². The van der Waals surface area contributed by atoms with Gasteiger partial charge in [-0.3, -0.25) is 16.6 Å². The number of hydrogen-bond acceptors (Lipinski definition) is 9. The first-order valence-corrected chi connectivity index (χ1v) is 12.1. The summed E-state index contributed by atoms with van der Waals surface area (Å²) in [5.74, 6) is 0. The Bertz CT molecular complexity index is 877. The molecule has 2 fully saturated rings. The molecule has 0 atom stereocenters. The Labute approximate surface area is 202 Å². The van der Waals surface area contributed by atoms with Gasteiger partial charge in [0.1, 0.15) is 0 Å². The van der Waals surface area contributed by atoms with Gasteiger partial charge in [-0.15, -0.1) is 0 Å². The van der Waals surface area contributed by atoms with Crippen molar-refractivity contribution in [3.63, 3.8) is 0 Å². The van der Waals surface area contributed by atoms with Gasteiger partial charge < -0.3 is 20.4 Å². The average molecular weight is 464 g/mol. The quantitative estimate of drug-likeness (QED) is 0.227. The maximum atomic E-state index is 6.11. The van der Waals surface area contributed by atoms with Crippen LogP contribution in [0, 0.1) is 0 Å². The van der Waals surface area contributed by atoms with E-state index in [2.05, 4.69) is 90.0 Å². The van der Waals surface area contributed by atoms with E-state index >= 15 is 0 Å². The highest BCUT2D eigenvalue weighted by Crippen LogP contribution is 2.17. The fourth-order valence-electron chi connectivity index (χ4n) is 4.16. The van der Waals surface area contributed by atoms with Crippen molar-refractivity contribution in [2.24, 2.45) is 15.9 Å². The molecule has 9 heteroatoms. The van der Waals surface area contributed by atoms with Crippen LogP contribution in [0.5, 0.6) is 0 Å². The third-order valence-electron chi connectivity index (χ3n) is 6.28. The van der Waals surface area contributed by atoms with Crippen LogP contribution in [-0.2, 0) is 0 Å². The van der Waals surface area contributed by atoms with Crippen LogP contribution < -0.4 is 37.0 Å². The molecule has 0 unspecified atom stereocenters. The lowest BCUT2D eigenvalue weighted by atomic mass is 10.1. The van der Waals surface area contributed by atoms with Crippen molar-refractivity contribution in [3.8, 4) is 0 Å². The summed E-state index contributed by atoms with van der Waals surface area (Å²) in [7, 11) is 0. The number of nitrogens with one attached hydrogen (secondary N) is 4. The molecule has 0 amide bonds. The van der Waals surface area contributed by atoms with Crippen LogP contribution in [0.2, 0.25) is 0 Å². The Hall–Kier alpha value is -3.14. The number of benzene rings is 2. The van der Waals surface area contributed by atoms with Crippen LogP contribution in [0.15, 0.2) is 58.7 Å². The van der Waals surface area contributed by atoms with E-state index in [4.69, 9.17) is 5.73 Å². The third kappa shape index (κ3) is 6.47. The van der Waals surface area contributed by atoms with E-state index in [1.165, 1.54) is 11.4 Å². The summed E-state index contributed by atoms with van der Waals surface area (Å²) in [5.41, 5.74) is 18.3. The number of hydrazone groups is 2. The second kappa shape index (κ2) is 11.8. The van der Waals surface area contributed by atoms with Gasteiger partial charge in [-0.2, -0.15) is 10.2 Å². The highest BCUT2D eigenvalue weighted by molar-refractivity contribution is 5.99. The fraction of sp³-hybridized carbons (Fsp3) is 0.440. The summed E-state index contributed by atoms with van der Waals surface area (Å²) < 4.78 is 0. The van der Waals surface area contributed by atoms with Gasteiger partial charge >= 0.3 is 0 Å². The van der Waals surface area contributed by atoms with Gasteiger partial charge in [0.2, 0.25) is 0 Å². The van der Waals surface area contributed by atoms with Crippen molar-refractivity contribution in [2.45, 2.75) is 20.1 Å². The van der Waals surface area contributed by atoms with Crippen LogP contribution in [0.1, 0.15) is 25.0 Å². The summed E-state index contributed by atoms with van der Waals surface area (Å²) in [6.07, 6.45) is -0.592. The summed E-state index contributed by atoms with van der Waals surface area (Å²) >= 11 is 0. The van der Waals surface area contributed by atoms with Crippen molar-refractivity contribution in [1.82, 2.24) is 21.5 Å². The number of anilines is 2. The molecule has 2 saturated heterocycles. The monoisotopic (exact) mass is 463 g/mol. The van der Waals surface area contributed by atoms with E-state index in [9.17, 15) is 0 Å². The molecule has 0 radical (unpaired) electrons. The minimum absolute atomic E-state index is 0.592. The molecule has 0 aliphatic carbocycles. The predicted octanol–water partition coefficient (Wildman–Crippen LogP) is 1.08. The molecule has 182 valence electrons. The van der Waals surface area contributed by atoms with Crippen molar-refractivity contribution in [3.05, 3.63) is 59.7 Å². The van der Waals surface area contributed by atoms with Crippen LogP contribution in [-0.4, -0.2) is 70.1 Å². The van der Waals surface area contributed by atoms with Crippen molar-refractivity contribution >= 4 is 22.8 Å². The topological polar surface area (TPSA) is 105 Å². The van der Waals surface area contributed by atoms with E-state index in [0.717, 1.165) is 74.9 Å². The zero-order valence-corrected chi connectivity index (χ0v) is 20.2. The molecule has 2 aromatic rings. The molecule has 2 heterocycles. The molecule has 0 saturated carbocycles. The van der Waals surface area contributed by atoms with Crippen LogP contribution in [0.3, 0.4) is 0 Å². The predicted molar refractivity (Wildman–Crippen MR) is 142 cm³/mol. The van der Waals surface area contributed by atoms with E-state index in [0.29, 0.717) is 0 Å². The molecule has 0 bridgehead atoms. The maximum absolute atomic E-state index is 6.11. The van der Waals surface area contributed by atoms with Crippen molar-refractivity contribution < 1.29 is 0 Å². The Morgan fingerprint density at radius 1 is 0.706 bits per heavy atom. The van der Waals surface area contributed by atoms with Crippen LogP contribution in [0.4, 0.5) is 11.4 Å². The van der Waals surface area contributed by atoms with Crippen molar-refractivity contribution in [1.29, 1.82) is 0 Å². The minimum Gasteiger partial charge on any atom is -0.369 e. The lowest BCUT2D eigenvalue weighted by Gasteiger charge is -2.29. The Morgan fingerprint density at radius 2 is 1.06 bits per heavy atom. The fourth-order valence-corrected chi connectivity index (χ4v) is 4.16. The molecular weight excluding hydrogens is 426 g/mol. The molecule has 2 aliphatic rings. The first kappa shape index (κ1) is 24.0. The Kier molecular flexibility index (Phi) is 8.35. The summed E-state index contributed by atoms with van der Waals surface area (Å²) in [6, 6.07) is 17.0. The zero-order valence-electron chi connectivity index (χ0n) is 20.2. The number of nitrogens with zero attached hydrogens (tertiary/aromatic N) is 4. The average Bonchev–Trinajstić information content (AvgIpc) is 2.91. The van der Waals surface area contributed by atoms with Gasteiger partial charge in [-0.05, 0) is 49.2 Å². The molecule has 34 heavy (non-hydrogen) atoms. The summed E-state index contributed by atoms with van der Waals surface area (Å²) in [4.78, 5) is 4.79. The number of nitrogens with two attached hydrogens (primary N) is 1. The smallest absolute Gasteiger partial charge is 0.180 e. The summed E-state index contributed by atoms with van der Waals surface area (Å²) in [5, 5.41) is 15.6. The molecule has 6 N–H and O–H groups in total. The van der Waals surface area contributed by atoms with Crippen LogP contribution in [0.25, 0.3) is 0 Å². The largest absolute Gasteiger partial charge is 0.369 e. The van der Waals surface area contributed by atoms with Crippen molar-refractivity contribution in [2.75, 3.05) is 62.2 Å². The number of piperazine rings is 2. The van der Waals surface area contributed by atoms with Gasteiger partial charge in [0.05, 0.1) is 11.4 Å². The van der Waals surface area contributed by atoms with E-state index in [1.54, 1.807) is 0 Å². The molecule has 4 rings (SSSR count). The van der Waals surface area contributed by atoms with Gasteiger partial charge in [0, 0.05) is 63.7 Å². The number of rotatable bonds is 8. The highest BCUT2D eigenvalue weighted by Gasteiger charge is 2.11. The van der Waals surface area contributed by atoms with E-state index < -0.39 is 6.29 Å². The van der Waals surface area contributed by atoms with E-state index in [-0.39, 0.29) is 0 Å². The molecule has 0 aromatic heterocycles. The molecule has 2 aromatic carbocycles. The van der Waals surface area contributed by atoms with E-state index in [1.807, 2.05) is 13.8 Å². The minimum atomic E-state index is -0.592. The first-order chi connectivity index (χ1) is 16.6. The molecule has 9 nitrogen and oxygen atoms in total. The third-order valence-corrected chi connectivity index (χ3v) is 6.28. The first-order valence-electron chi connectivity index (χ1n) is 12.1. The number of hydrogen-bond donors (Lipinski definition) is 5. The zero-order chi connectivity index (χ0) is 23.8. The lowest BCUT2D eigenvalue weighted by Crippen LogP contribution is -2.45.